The van der Waals surface area contributed by atoms with E-state index in [1.807, 2.05) is 0 Å². The minimum atomic E-state index is -0.739. The third-order valence-electron chi connectivity index (χ3n) is 3.79. The van der Waals surface area contributed by atoms with E-state index in [0.717, 1.165) is 4.68 Å². The highest BCUT2D eigenvalue weighted by Crippen LogP contribution is 2.17. The van der Waals surface area contributed by atoms with Crippen molar-refractivity contribution in [2.45, 2.75) is 6.54 Å². The molecule has 4 rings (SSSR count). The first kappa shape index (κ1) is 18.2. The Morgan fingerprint density at radius 3 is 2.31 bits per heavy atom. The molecule has 4 aromatic rings. The number of benzene rings is 2. The van der Waals surface area contributed by atoms with Crippen molar-refractivity contribution >= 4 is 17.6 Å². The lowest BCUT2D eigenvalue weighted by Crippen LogP contribution is -2.19. The molecule has 0 saturated carbocycles. The van der Waals surface area contributed by atoms with Crippen LogP contribution in [-0.4, -0.2) is 24.7 Å². The van der Waals surface area contributed by atoms with Gasteiger partial charge in [0.25, 0.3) is 0 Å². The lowest BCUT2D eigenvalue weighted by molar-refractivity contribution is 0.491. The first-order valence-electron chi connectivity index (χ1n) is 8.33. The van der Waals surface area contributed by atoms with E-state index < -0.39 is 11.6 Å². The van der Waals surface area contributed by atoms with Crippen LogP contribution in [0.3, 0.4) is 0 Å². The van der Waals surface area contributed by atoms with E-state index in [0.29, 0.717) is 11.3 Å². The second kappa shape index (κ2) is 7.46. The van der Waals surface area contributed by atoms with Gasteiger partial charge < -0.3 is 15.5 Å². The Bertz CT molecular complexity index is 1200. The van der Waals surface area contributed by atoms with Gasteiger partial charge in [-0.2, -0.15) is 19.6 Å². The zero-order chi connectivity index (χ0) is 20.4. The van der Waals surface area contributed by atoms with Crippen LogP contribution in [0.2, 0.25) is 0 Å². The molecule has 0 atom stereocenters. The van der Waals surface area contributed by atoms with E-state index in [2.05, 4.69) is 25.4 Å². The smallest absolute Gasteiger partial charge is 0.388 e. The van der Waals surface area contributed by atoms with Crippen LogP contribution in [0.1, 0.15) is 5.82 Å². The molecule has 2 aromatic heterocycles. The van der Waals surface area contributed by atoms with E-state index in [-0.39, 0.29) is 36.0 Å². The fraction of sp³-hybridized carbons (Fsp3) is 0.0556. The fourth-order valence-electron chi connectivity index (χ4n) is 2.48. The Morgan fingerprint density at radius 2 is 1.62 bits per heavy atom. The molecule has 0 radical (unpaired) electrons. The van der Waals surface area contributed by atoms with Crippen LogP contribution in [0.15, 0.2) is 57.7 Å². The van der Waals surface area contributed by atoms with Gasteiger partial charge in [-0.3, -0.25) is 0 Å². The molecular formula is C18H13F2N7O2. The average molecular weight is 397 g/mol. The molecule has 0 spiro atoms. The molecule has 0 bridgehead atoms. The van der Waals surface area contributed by atoms with Gasteiger partial charge in [0, 0.05) is 11.3 Å². The number of aromatic nitrogens is 5. The predicted molar refractivity (Wildman–Crippen MR) is 99.2 cm³/mol. The molecule has 0 unspecified atom stereocenters. The number of hydrogen-bond donors (Lipinski definition) is 2. The van der Waals surface area contributed by atoms with E-state index in [1.54, 1.807) is 0 Å². The van der Waals surface area contributed by atoms with Crippen LogP contribution in [0.4, 0.5) is 26.4 Å². The zero-order valence-corrected chi connectivity index (χ0v) is 14.7. The van der Waals surface area contributed by atoms with Gasteiger partial charge in [-0.05, 0) is 48.5 Å². The first-order chi connectivity index (χ1) is 14.0. The normalized spacial score (nSPS) is 10.8. The van der Waals surface area contributed by atoms with Crippen molar-refractivity contribution in [3.8, 4) is 11.5 Å². The van der Waals surface area contributed by atoms with Crippen LogP contribution >= 0.6 is 0 Å². The van der Waals surface area contributed by atoms with E-state index >= 15 is 0 Å². The van der Waals surface area contributed by atoms with Crippen molar-refractivity contribution in [1.29, 1.82) is 0 Å². The predicted octanol–water partition coefficient (Wildman–Crippen LogP) is 2.34. The topological polar surface area (TPSA) is 125 Å². The summed E-state index contributed by atoms with van der Waals surface area (Å²) < 4.78 is 32.2. The van der Waals surface area contributed by atoms with Crippen LogP contribution in [0.5, 0.6) is 0 Å². The van der Waals surface area contributed by atoms with Crippen molar-refractivity contribution in [1.82, 2.24) is 24.7 Å². The van der Waals surface area contributed by atoms with Crippen molar-refractivity contribution in [2.24, 2.45) is 0 Å². The molecule has 2 aromatic carbocycles. The highest BCUT2D eigenvalue weighted by Gasteiger charge is 2.13. The quantitative estimate of drug-likeness (QED) is 0.526. The number of hydrogen-bond acceptors (Lipinski definition) is 8. The second-order valence-corrected chi connectivity index (χ2v) is 5.90. The number of halogens is 2. The number of anilines is 3. The summed E-state index contributed by atoms with van der Waals surface area (Å²) >= 11 is 0. The Labute approximate surface area is 161 Å². The van der Waals surface area contributed by atoms with E-state index in [1.165, 1.54) is 48.5 Å². The summed E-state index contributed by atoms with van der Waals surface area (Å²) in [6, 6.07) is 10.9. The molecule has 0 aliphatic carbocycles. The monoisotopic (exact) mass is 397 g/mol. The largest absolute Gasteiger partial charge is 0.437 e. The third kappa shape index (κ3) is 4.24. The molecule has 0 saturated heterocycles. The molecule has 0 aliphatic rings. The lowest BCUT2D eigenvalue weighted by Gasteiger charge is -2.07. The molecule has 0 aliphatic heterocycles. The number of nitrogens with two attached hydrogens (primary N) is 1. The van der Waals surface area contributed by atoms with Crippen LogP contribution in [0, 0.1) is 11.6 Å². The Hall–Kier alpha value is -4.15. The van der Waals surface area contributed by atoms with Crippen molar-refractivity contribution in [3.63, 3.8) is 0 Å². The van der Waals surface area contributed by atoms with Crippen LogP contribution in [0.25, 0.3) is 11.5 Å². The summed E-state index contributed by atoms with van der Waals surface area (Å²) in [5.74, 6) is -1.31. The summed E-state index contributed by atoms with van der Waals surface area (Å²) in [6.45, 7) is -0.131. The van der Waals surface area contributed by atoms with Gasteiger partial charge in [0.15, 0.2) is 5.82 Å². The maximum absolute atomic E-state index is 13.0. The highest BCUT2D eigenvalue weighted by atomic mass is 19.1. The zero-order valence-electron chi connectivity index (χ0n) is 14.7. The third-order valence-corrected chi connectivity index (χ3v) is 3.79. The standard InChI is InChI=1S/C18H13F2N7O2/c19-11-3-1-10(2-4-11)15-26-27(18(28)29-15)9-14-23-16(21)25-17(24-14)22-13-7-5-12(20)6-8-13/h1-8H,9H2,(H3,21,22,23,24,25). The summed E-state index contributed by atoms with van der Waals surface area (Å²) in [6.07, 6.45) is 0. The summed E-state index contributed by atoms with van der Waals surface area (Å²) in [7, 11) is 0. The first-order valence-corrected chi connectivity index (χ1v) is 8.33. The second-order valence-electron chi connectivity index (χ2n) is 5.90. The minimum Gasteiger partial charge on any atom is -0.388 e. The molecule has 146 valence electrons. The van der Waals surface area contributed by atoms with Crippen molar-refractivity contribution in [2.75, 3.05) is 11.1 Å². The molecule has 2 heterocycles. The van der Waals surface area contributed by atoms with E-state index in [9.17, 15) is 13.6 Å². The van der Waals surface area contributed by atoms with Gasteiger partial charge in [0.05, 0.1) is 0 Å². The molecule has 29 heavy (non-hydrogen) atoms. The molecule has 0 fully saturated rings. The lowest BCUT2D eigenvalue weighted by atomic mass is 10.2. The van der Waals surface area contributed by atoms with Crippen molar-refractivity contribution < 1.29 is 13.2 Å². The van der Waals surface area contributed by atoms with Gasteiger partial charge in [-0.25, -0.2) is 13.6 Å². The van der Waals surface area contributed by atoms with Gasteiger partial charge in [-0.1, -0.05) is 0 Å². The summed E-state index contributed by atoms with van der Waals surface area (Å²) in [4.78, 5) is 24.2. The highest BCUT2D eigenvalue weighted by molar-refractivity contribution is 5.53. The Balaban J connectivity index is 1.58. The van der Waals surface area contributed by atoms with Gasteiger partial charge in [0.1, 0.15) is 18.2 Å². The van der Waals surface area contributed by atoms with Gasteiger partial charge >= 0.3 is 5.76 Å². The van der Waals surface area contributed by atoms with E-state index in [4.69, 9.17) is 10.2 Å². The minimum absolute atomic E-state index is 0.0293. The number of nitrogens with one attached hydrogen (secondary N) is 1. The number of nitrogen functional groups attached to an aromatic ring is 1. The average Bonchev–Trinajstić information content (AvgIpc) is 3.04. The molecular weight excluding hydrogens is 384 g/mol. The van der Waals surface area contributed by atoms with Crippen LogP contribution in [-0.2, 0) is 6.54 Å². The Morgan fingerprint density at radius 1 is 0.966 bits per heavy atom. The van der Waals surface area contributed by atoms with Gasteiger partial charge in [0.2, 0.25) is 17.8 Å². The van der Waals surface area contributed by atoms with Crippen molar-refractivity contribution in [3.05, 3.63) is 76.5 Å². The summed E-state index contributed by atoms with van der Waals surface area (Å²) in [5.41, 5.74) is 6.69. The van der Waals surface area contributed by atoms with Gasteiger partial charge in [-0.15, -0.1) is 5.10 Å². The molecule has 3 N–H and O–H groups in total. The molecule has 0 amide bonds. The fourth-order valence-corrected chi connectivity index (χ4v) is 2.48. The summed E-state index contributed by atoms with van der Waals surface area (Å²) in [5, 5.41) is 6.94. The molecule has 9 nitrogen and oxygen atoms in total. The maximum Gasteiger partial charge on any atom is 0.437 e. The Kier molecular flexibility index (Phi) is 4.69. The molecule has 11 heteroatoms. The SMILES string of the molecule is Nc1nc(Cn2nc(-c3ccc(F)cc3)oc2=O)nc(Nc2ccc(F)cc2)n1. The number of nitrogens with zero attached hydrogens (tertiary/aromatic N) is 5. The number of rotatable bonds is 5. The van der Waals surface area contributed by atoms with Crippen LogP contribution < -0.4 is 16.8 Å². The maximum atomic E-state index is 13.0.